The third-order valence-corrected chi connectivity index (χ3v) is 2.79. The maximum atomic E-state index is 11.2. The van der Waals surface area contributed by atoms with Gasteiger partial charge in [0.1, 0.15) is 0 Å². The highest BCUT2D eigenvalue weighted by Gasteiger charge is 2.20. The standard InChI is InChI=1S/C9H19NO.C5H12O3/c1-4-7-10(8-5-2)9(11)6-3;1-5(2-6,3-7)4-8/h4-8H2,1-3H3;6-8H,2-4H2,1H3. The molecule has 0 rings (SSSR count). The van der Waals surface area contributed by atoms with Gasteiger partial charge in [0.2, 0.25) is 5.91 Å². The van der Waals surface area contributed by atoms with E-state index in [1.807, 2.05) is 11.8 Å². The van der Waals surface area contributed by atoms with Crippen molar-refractivity contribution in [3.63, 3.8) is 0 Å². The molecular formula is C14H31NO4. The fourth-order valence-corrected chi connectivity index (χ4v) is 1.27. The van der Waals surface area contributed by atoms with Crippen LogP contribution < -0.4 is 0 Å². The molecule has 0 spiro atoms. The molecule has 3 N–H and O–H groups in total. The number of aliphatic hydroxyl groups excluding tert-OH is 3. The largest absolute Gasteiger partial charge is 0.396 e. The van der Waals surface area contributed by atoms with E-state index in [1.165, 1.54) is 0 Å². The van der Waals surface area contributed by atoms with E-state index in [-0.39, 0.29) is 25.7 Å². The molecule has 5 nitrogen and oxygen atoms in total. The van der Waals surface area contributed by atoms with E-state index in [1.54, 1.807) is 6.92 Å². The summed E-state index contributed by atoms with van der Waals surface area (Å²) in [7, 11) is 0. The molecule has 0 aliphatic rings. The number of rotatable bonds is 8. The van der Waals surface area contributed by atoms with Crippen LogP contribution in [0.15, 0.2) is 0 Å². The second-order valence-corrected chi connectivity index (χ2v) is 5.02. The molecular weight excluding hydrogens is 246 g/mol. The van der Waals surface area contributed by atoms with Crippen LogP contribution in [0.3, 0.4) is 0 Å². The van der Waals surface area contributed by atoms with Gasteiger partial charge in [-0.15, -0.1) is 0 Å². The molecule has 0 aromatic heterocycles. The summed E-state index contributed by atoms with van der Waals surface area (Å²) < 4.78 is 0. The highest BCUT2D eigenvalue weighted by atomic mass is 16.3. The van der Waals surface area contributed by atoms with E-state index in [0.29, 0.717) is 6.42 Å². The normalized spacial score (nSPS) is 10.7. The first-order chi connectivity index (χ1) is 8.94. The molecule has 0 saturated carbocycles. The van der Waals surface area contributed by atoms with Gasteiger partial charge in [-0.05, 0) is 12.8 Å². The first kappa shape index (κ1) is 20.7. The van der Waals surface area contributed by atoms with Crippen LogP contribution in [0, 0.1) is 5.41 Å². The van der Waals surface area contributed by atoms with Crippen molar-refractivity contribution in [2.75, 3.05) is 32.9 Å². The summed E-state index contributed by atoms with van der Waals surface area (Å²) in [5, 5.41) is 25.4. The third-order valence-electron chi connectivity index (χ3n) is 2.79. The van der Waals surface area contributed by atoms with Crippen molar-refractivity contribution in [3.05, 3.63) is 0 Å². The van der Waals surface area contributed by atoms with Crippen molar-refractivity contribution in [2.24, 2.45) is 5.41 Å². The summed E-state index contributed by atoms with van der Waals surface area (Å²) in [5.74, 6) is 0.286. The molecule has 0 aromatic rings. The summed E-state index contributed by atoms with van der Waals surface area (Å²) in [5.41, 5.74) is -0.708. The number of carbonyl (C=O) groups excluding carboxylic acids is 1. The molecule has 0 unspecified atom stereocenters. The number of carbonyl (C=O) groups is 1. The van der Waals surface area contributed by atoms with E-state index in [2.05, 4.69) is 13.8 Å². The van der Waals surface area contributed by atoms with Crippen molar-refractivity contribution in [1.29, 1.82) is 0 Å². The maximum absolute atomic E-state index is 11.2. The summed E-state index contributed by atoms with van der Waals surface area (Å²) in [6.07, 6.45) is 2.76. The zero-order valence-corrected chi connectivity index (χ0v) is 12.9. The first-order valence-corrected chi connectivity index (χ1v) is 7.04. The smallest absolute Gasteiger partial charge is 0.222 e. The van der Waals surface area contributed by atoms with Gasteiger partial charge in [0, 0.05) is 24.9 Å². The average molecular weight is 277 g/mol. The summed E-state index contributed by atoms with van der Waals surface area (Å²) in [6, 6.07) is 0. The Bertz CT molecular complexity index is 203. The molecule has 19 heavy (non-hydrogen) atoms. The van der Waals surface area contributed by atoms with Crippen LogP contribution in [0.2, 0.25) is 0 Å². The van der Waals surface area contributed by atoms with E-state index >= 15 is 0 Å². The Balaban J connectivity index is 0. The predicted octanol–water partition coefficient (Wildman–Crippen LogP) is 1.01. The van der Waals surface area contributed by atoms with Crippen molar-refractivity contribution >= 4 is 5.91 Å². The van der Waals surface area contributed by atoms with Crippen LogP contribution in [-0.4, -0.2) is 59.0 Å². The van der Waals surface area contributed by atoms with Gasteiger partial charge in [0.15, 0.2) is 0 Å². The van der Waals surface area contributed by atoms with Gasteiger partial charge < -0.3 is 20.2 Å². The van der Waals surface area contributed by atoms with Crippen molar-refractivity contribution in [1.82, 2.24) is 4.90 Å². The Hall–Kier alpha value is -0.650. The van der Waals surface area contributed by atoms with Crippen molar-refractivity contribution in [2.45, 2.75) is 47.0 Å². The fraction of sp³-hybridized carbons (Fsp3) is 0.929. The van der Waals surface area contributed by atoms with Crippen LogP contribution in [-0.2, 0) is 4.79 Å². The van der Waals surface area contributed by atoms with Crippen molar-refractivity contribution in [3.8, 4) is 0 Å². The average Bonchev–Trinajstić information content (AvgIpc) is 2.46. The lowest BCUT2D eigenvalue weighted by molar-refractivity contribution is -0.130. The Morgan fingerprint density at radius 3 is 1.47 bits per heavy atom. The topological polar surface area (TPSA) is 81.0 Å². The van der Waals surface area contributed by atoms with Crippen LogP contribution >= 0.6 is 0 Å². The summed E-state index contributed by atoms with van der Waals surface area (Å²) in [4.78, 5) is 13.2. The molecule has 5 heteroatoms. The molecule has 0 atom stereocenters. The molecule has 0 aromatic carbocycles. The minimum absolute atomic E-state index is 0.181. The lowest BCUT2D eigenvalue weighted by atomic mass is 9.95. The molecule has 0 radical (unpaired) electrons. The van der Waals surface area contributed by atoms with E-state index < -0.39 is 5.41 Å². The molecule has 0 aliphatic heterocycles. The first-order valence-electron chi connectivity index (χ1n) is 7.04. The van der Waals surface area contributed by atoms with Gasteiger partial charge in [-0.3, -0.25) is 4.79 Å². The zero-order chi connectivity index (χ0) is 15.3. The van der Waals surface area contributed by atoms with Gasteiger partial charge in [-0.25, -0.2) is 0 Å². The monoisotopic (exact) mass is 277 g/mol. The van der Waals surface area contributed by atoms with Gasteiger partial charge in [0.05, 0.1) is 19.8 Å². The lowest BCUT2D eigenvalue weighted by Crippen LogP contribution is -2.31. The Morgan fingerprint density at radius 2 is 1.32 bits per heavy atom. The zero-order valence-electron chi connectivity index (χ0n) is 12.9. The van der Waals surface area contributed by atoms with E-state index in [0.717, 1.165) is 25.9 Å². The number of amides is 1. The number of nitrogens with zero attached hydrogens (tertiary/aromatic N) is 1. The number of aliphatic hydroxyl groups is 3. The third kappa shape index (κ3) is 9.87. The summed E-state index contributed by atoms with van der Waals surface area (Å²) in [6.45, 7) is 9.02. The van der Waals surface area contributed by atoms with Crippen molar-refractivity contribution < 1.29 is 20.1 Å². The molecule has 0 heterocycles. The molecule has 0 saturated heterocycles. The number of hydrogen-bond acceptors (Lipinski definition) is 4. The summed E-state index contributed by atoms with van der Waals surface area (Å²) >= 11 is 0. The van der Waals surface area contributed by atoms with Gasteiger partial charge in [-0.1, -0.05) is 27.7 Å². The number of hydrogen-bond donors (Lipinski definition) is 3. The lowest BCUT2D eigenvalue weighted by Gasteiger charge is -2.20. The van der Waals surface area contributed by atoms with E-state index in [9.17, 15) is 4.79 Å². The molecule has 0 fully saturated rings. The molecule has 1 amide bonds. The highest BCUT2D eigenvalue weighted by molar-refractivity contribution is 5.75. The minimum Gasteiger partial charge on any atom is -0.396 e. The second-order valence-electron chi connectivity index (χ2n) is 5.02. The Morgan fingerprint density at radius 1 is 0.947 bits per heavy atom. The highest BCUT2D eigenvalue weighted by Crippen LogP contribution is 2.10. The minimum atomic E-state index is -0.708. The Kier molecular flexibility index (Phi) is 13.5. The van der Waals surface area contributed by atoms with Crippen LogP contribution in [0.1, 0.15) is 47.0 Å². The fourth-order valence-electron chi connectivity index (χ4n) is 1.27. The van der Waals surface area contributed by atoms with Crippen LogP contribution in [0.5, 0.6) is 0 Å². The maximum Gasteiger partial charge on any atom is 0.222 e. The van der Waals surface area contributed by atoms with Gasteiger partial charge in [-0.2, -0.15) is 0 Å². The molecule has 116 valence electrons. The quantitative estimate of drug-likeness (QED) is 0.618. The van der Waals surface area contributed by atoms with Gasteiger partial charge in [0.25, 0.3) is 0 Å². The second kappa shape index (κ2) is 12.4. The van der Waals surface area contributed by atoms with Crippen LogP contribution in [0.25, 0.3) is 0 Å². The van der Waals surface area contributed by atoms with Crippen LogP contribution in [0.4, 0.5) is 0 Å². The molecule has 0 aliphatic carbocycles. The SMILES string of the molecule is CC(CO)(CO)CO.CCCN(CCC)C(=O)CC. The molecule has 0 bridgehead atoms. The Labute approximate surface area is 117 Å². The van der Waals surface area contributed by atoms with E-state index in [4.69, 9.17) is 15.3 Å². The van der Waals surface area contributed by atoms with Gasteiger partial charge >= 0.3 is 0 Å². The predicted molar refractivity (Wildman–Crippen MR) is 76.8 cm³/mol.